The molecule has 6 nitrogen and oxygen atoms in total. The highest BCUT2D eigenvalue weighted by Crippen LogP contribution is 2.23. The maximum atomic E-state index is 12.1. The van der Waals surface area contributed by atoms with Crippen molar-refractivity contribution in [1.29, 1.82) is 0 Å². The van der Waals surface area contributed by atoms with Crippen LogP contribution in [-0.2, 0) is 4.74 Å². The van der Waals surface area contributed by atoms with Crippen LogP contribution in [0.2, 0.25) is 0 Å². The molecule has 0 amide bonds. The van der Waals surface area contributed by atoms with Crippen LogP contribution in [0.25, 0.3) is 0 Å². The summed E-state index contributed by atoms with van der Waals surface area (Å²) in [5.74, 6) is -0.178. The minimum absolute atomic E-state index is 0.199. The number of nitrogen functional groups attached to an aromatic ring is 1. The van der Waals surface area contributed by atoms with Crippen LogP contribution in [0, 0.1) is 0 Å². The van der Waals surface area contributed by atoms with E-state index in [1.807, 2.05) is 0 Å². The Morgan fingerprint density at radius 1 is 0.958 bits per heavy atom. The van der Waals surface area contributed by atoms with Crippen molar-refractivity contribution in [2.75, 3.05) is 12.8 Å². The van der Waals surface area contributed by atoms with E-state index in [1.165, 1.54) is 37.4 Å². The second kappa shape index (κ2) is 7.50. The van der Waals surface area contributed by atoms with E-state index in [1.54, 1.807) is 26.0 Å². The van der Waals surface area contributed by atoms with Gasteiger partial charge in [0.15, 0.2) is 0 Å². The van der Waals surface area contributed by atoms with Crippen LogP contribution in [0.1, 0.15) is 34.6 Å². The summed E-state index contributed by atoms with van der Waals surface area (Å²) >= 11 is 0. The van der Waals surface area contributed by atoms with E-state index in [2.05, 4.69) is 0 Å². The first kappa shape index (κ1) is 17.3. The van der Waals surface area contributed by atoms with Crippen LogP contribution < -0.4 is 15.2 Å². The first-order valence-electron chi connectivity index (χ1n) is 7.37. The summed E-state index contributed by atoms with van der Waals surface area (Å²) in [5.41, 5.74) is 6.81. The Kier molecular flexibility index (Phi) is 5.42. The van der Waals surface area contributed by atoms with Crippen LogP contribution in [-0.4, -0.2) is 25.2 Å². The first-order valence-corrected chi connectivity index (χ1v) is 7.37. The SMILES string of the molecule is COc1ccc(C(=O)Oc2ccc(C(=O)OC(C)C)cc2)cc1N. The molecule has 2 rings (SSSR count). The molecule has 2 aromatic rings. The molecule has 0 aliphatic heterocycles. The number of hydrogen-bond acceptors (Lipinski definition) is 6. The zero-order valence-corrected chi connectivity index (χ0v) is 13.7. The third-order valence-corrected chi connectivity index (χ3v) is 3.11. The van der Waals surface area contributed by atoms with Crippen LogP contribution in [0.15, 0.2) is 42.5 Å². The van der Waals surface area contributed by atoms with Crippen LogP contribution >= 0.6 is 0 Å². The van der Waals surface area contributed by atoms with Crippen LogP contribution in [0.5, 0.6) is 11.5 Å². The summed E-state index contributed by atoms with van der Waals surface area (Å²) in [4.78, 5) is 23.9. The molecule has 2 aromatic carbocycles. The van der Waals surface area contributed by atoms with Crippen molar-refractivity contribution in [1.82, 2.24) is 0 Å². The standard InChI is InChI=1S/C18H19NO5/c1-11(2)23-17(20)12-4-7-14(8-5-12)24-18(21)13-6-9-16(22-3)15(19)10-13/h4-11H,19H2,1-3H3. The van der Waals surface area contributed by atoms with Gasteiger partial charge < -0.3 is 19.9 Å². The number of methoxy groups -OCH3 is 1. The van der Waals surface area contributed by atoms with Crippen molar-refractivity contribution in [2.24, 2.45) is 0 Å². The third-order valence-electron chi connectivity index (χ3n) is 3.11. The number of rotatable bonds is 5. The Morgan fingerprint density at radius 3 is 2.12 bits per heavy atom. The number of carbonyl (C=O) groups is 2. The highest BCUT2D eigenvalue weighted by molar-refractivity contribution is 5.93. The van der Waals surface area contributed by atoms with Gasteiger partial charge in [-0.05, 0) is 56.3 Å². The van der Waals surface area contributed by atoms with Crippen LogP contribution in [0.4, 0.5) is 5.69 Å². The summed E-state index contributed by atoms with van der Waals surface area (Å²) < 4.78 is 15.4. The van der Waals surface area contributed by atoms with Crippen molar-refractivity contribution in [3.8, 4) is 11.5 Å². The topological polar surface area (TPSA) is 87.8 Å². The lowest BCUT2D eigenvalue weighted by Crippen LogP contribution is -2.12. The van der Waals surface area contributed by atoms with Gasteiger partial charge in [0.05, 0.1) is 30.0 Å². The zero-order chi connectivity index (χ0) is 17.7. The Labute approximate surface area is 140 Å². The van der Waals surface area contributed by atoms with E-state index in [4.69, 9.17) is 19.9 Å². The van der Waals surface area contributed by atoms with Crippen LogP contribution in [0.3, 0.4) is 0 Å². The molecule has 0 saturated carbocycles. The minimum atomic E-state index is -0.554. The third kappa shape index (κ3) is 4.25. The Morgan fingerprint density at radius 2 is 1.58 bits per heavy atom. The number of esters is 2. The number of anilines is 1. The smallest absolute Gasteiger partial charge is 0.343 e. The lowest BCUT2D eigenvalue weighted by molar-refractivity contribution is 0.0378. The Balaban J connectivity index is 2.07. The molecule has 6 heteroatoms. The number of benzene rings is 2. The van der Waals surface area contributed by atoms with Gasteiger partial charge in [-0.1, -0.05) is 0 Å². The Bertz CT molecular complexity index is 738. The van der Waals surface area contributed by atoms with E-state index in [0.29, 0.717) is 28.3 Å². The normalized spacial score (nSPS) is 10.3. The summed E-state index contributed by atoms with van der Waals surface area (Å²) in [6, 6.07) is 10.8. The fourth-order valence-electron chi connectivity index (χ4n) is 1.97. The molecular formula is C18H19NO5. The van der Waals surface area contributed by atoms with Crippen molar-refractivity contribution < 1.29 is 23.8 Å². The highest BCUT2D eigenvalue weighted by Gasteiger charge is 2.13. The van der Waals surface area contributed by atoms with Gasteiger partial charge in [0.2, 0.25) is 0 Å². The van der Waals surface area contributed by atoms with E-state index < -0.39 is 11.9 Å². The second-order valence-electron chi connectivity index (χ2n) is 5.32. The predicted octanol–water partition coefficient (Wildman–Crippen LogP) is 3.06. The zero-order valence-electron chi connectivity index (χ0n) is 13.7. The lowest BCUT2D eigenvalue weighted by Gasteiger charge is -2.09. The van der Waals surface area contributed by atoms with E-state index >= 15 is 0 Å². The van der Waals surface area contributed by atoms with Gasteiger partial charge in [-0.25, -0.2) is 9.59 Å². The average molecular weight is 329 g/mol. The quantitative estimate of drug-likeness (QED) is 0.515. The lowest BCUT2D eigenvalue weighted by atomic mass is 10.2. The molecule has 0 bridgehead atoms. The van der Waals surface area contributed by atoms with E-state index in [-0.39, 0.29) is 6.10 Å². The van der Waals surface area contributed by atoms with Crippen molar-refractivity contribution >= 4 is 17.6 Å². The molecule has 126 valence electrons. The maximum Gasteiger partial charge on any atom is 0.343 e. The molecule has 0 heterocycles. The minimum Gasteiger partial charge on any atom is -0.495 e. The van der Waals surface area contributed by atoms with Crippen molar-refractivity contribution in [3.05, 3.63) is 53.6 Å². The fraction of sp³-hybridized carbons (Fsp3) is 0.222. The molecule has 0 aliphatic carbocycles. The van der Waals surface area contributed by atoms with Crippen molar-refractivity contribution in [3.63, 3.8) is 0 Å². The summed E-state index contributed by atoms with van der Waals surface area (Å²) in [6.07, 6.45) is -0.199. The molecule has 0 fully saturated rings. The van der Waals surface area contributed by atoms with Gasteiger partial charge >= 0.3 is 11.9 Å². The Hall–Kier alpha value is -3.02. The number of nitrogens with two attached hydrogens (primary N) is 1. The molecule has 2 N–H and O–H groups in total. The van der Waals surface area contributed by atoms with Gasteiger partial charge in [-0.3, -0.25) is 0 Å². The number of carbonyl (C=O) groups excluding carboxylic acids is 2. The van der Waals surface area contributed by atoms with E-state index in [0.717, 1.165) is 0 Å². The molecule has 0 radical (unpaired) electrons. The summed E-state index contributed by atoms with van der Waals surface area (Å²) in [7, 11) is 1.50. The second-order valence-corrected chi connectivity index (χ2v) is 5.32. The van der Waals surface area contributed by atoms with Crippen molar-refractivity contribution in [2.45, 2.75) is 20.0 Å². The number of ether oxygens (including phenoxy) is 3. The monoisotopic (exact) mass is 329 g/mol. The van der Waals surface area contributed by atoms with E-state index in [9.17, 15) is 9.59 Å². The van der Waals surface area contributed by atoms with Gasteiger partial charge in [0.25, 0.3) is 0 Å². The molecule has 0 aliphatic rings. The number of hydrogen-bond donors (Lipinski definition) is 1. The van der Waals surface area contributed by atoms with Gasteiger partial charge in [0, 0.05) is 0 Å². The molecular weight excluding hydrogens is 310 g/mol. The maximum absolute atomic E-state index is 12.1. The highest BCUT2D eigenvalue weighted by atomic mass is 16.5. The molecule has 0 spiro atoms. The molecule has 0 saturated heterocycles. The molecule has 0 atom stereocenters. The van der Waals surface area contributed by atoms with Gasteiger partial charge in [0.1, 0.15) is 11.5 Å². The average Bonchev–Trinajstić information content (AvgIpc) is 2.54. The largest absolute Gasteiger partial charge is 0.495 e. The summed E-state index contributed by atoms with van der Waals surface area (Å²) in [5, 5.41) is 0. The van der Waals surface area contributed by atoms with Gasteiger partial charge in [-0.15, -0.1) is 0 Å². The first-order chi connectivity index (χ1) is 11.4. The predicted molar refractivity (Wildman–Crippen MR) is 89.4 cm³/mol. The fourth-order valence-corrected chi connectivity index (χ4v) is 1.97. The summed E-state index contributed by atoms with van der Waals surface area (Å²) in [6.45, 7) is 3.54. The molecule has 0 aromatic heterocycles. The molecule has 24 heavy (non-hydrogen) atoms. The van der Waals surface area contributed by atoms with Gasteiger partial charge in [-0.2, -0.15) is 0 Å². The molecule has 0 unspecified atom stereocenters.